The molecule has 202 valence electrons. The molecule has 40 heavy (non-hydrogen) atoms. The van der Waals surface area contributed by atoms with Crippen molar-refractivity contribution in [2.24, 2.45) is 5.73 Å². The molecule has 1 atom stereocenters. The fraction of sp³-hybridized carbons (Fsp3) is 0.107. The average Bonchev–Trinajstić information content (AvgIpc) is 3.31. The van der Waals surface area contributed by atoms with Crippen LogP contribution in [0.15, 0.2) is 78.1 Å². The summed E-state index contributed by atoms with van der Waals surface area (Å²) in [6.07, 6.45) is 4.20. The van der Waals surface area contributed by atoms with Crippen LogP contribution in [0, 0.1) is 17.5 Å². The van der Waals surface area contributed by atoms with E-state index in [2.05, 4.69) is 20.3 Å². The van der Waals surface area contributed by atoms with Gasteiger partial charge in [0.15, 0.2) is 5.52 Å². The first-order chi connectivity index (χ1) is 19.2. The maximum absolute atomic E-state index is 14.2. The third-order valence-corrected chi connectivity index (χ3v) is 6.27. The highest BCUT2D eigenvalue weighted by atomic mass is 19.1. The van der Waals surface area contributed by atoms with Gasteiger partial charge in [-0.25, -0.2) is 18.2 Å². The zero-order valence-corrected chi connectivity index (χ0v) is 20.7. The number of hydrogen-bond acceptors (Lipinski definition) is 5. The predicted molar refractivity (Wildman–Crippen MR) is 139 cm³/mol. The van der Waals surface area contributed by atoms with E-state index in [1.807, 2.05) is 0 Å². The lowest BCUT2D eigenvalue weighted by molar-refractivity contribution is -0.122. The van der Waals surface area contributed by atoms with Gasteiger partial charge >= 0.3 is 0 Å². The standard InChI is InChI=1S/C28H21F3N6O3/c29-17-8-15(9-18(30)12-17)10-22(36-24(38)13-37-14-35-26-23(37)5-7-34-28(26)40)25-19(2-1-6-33-25)16-3-4-21(31)20(11-16)27(32)39/h1-9,11-12,14,22H,10,13H2,(H2,32,39)(H,34,40)(H,36,38). The fourth-order valence-corrected chi connectivity index (χ4v) is 4.53. The topological polar surface area (TPSA) is 136 Å². The zero-order chi connectivity index (χ0) is 28.4. The number of pyridine rings is 2. The molecule has 0 bridgehead atoms. The van der Waals surface area contributed by atoms with E-state index < -0.39 is 40.9 Å². The van der Waals surface area contributed by atoms with Gasteiger partial charge in [0.2, 0.25) is 5.91 Å². The first-order valence-electron chi connectivity index (χ1n) is 12.0. The van der Waals surface area contributed by atoms with Crippen molar-refractivity contribution in [2.45, 2.75) is 19.0 Å². The molecule has 0 saturated carbocycles. The summed E-state index contributed by atoms with van der Waals surface area (Å²) in [6.45, 7) is -0.224. The van der Waals surface area contributed by atoms with Gasteiger partial charge in [0, 0.05) is 24.0 Å². The SMILES string of the molecule is NC(=O)c1cc(-c2cccnc2C(Cc2cc(F)cc(F)c2)NC(=O)Cn2cnc3c(=O)[nH]ccc32)ccc1F. The van der Waals surface area contributed by atoms with Crippen molar-refractivity contribution in [1.82, 2.24) is 24.8 Å². The number of imidazole rings is 1. The van der Waals surface area contributed by atoms with Crippen LogP contribution in [-0.4, -0.2) is 31.3 Å². The van der Waals surface area contributed by atoms with Crippen molar-refractivity contribution in [1.29, 1.82) is 0 Å². The smallest absolute Gasteiger partial charge is 0.276 e. The number of rotatable bonds is 8. The third-order valence-electron chi connectivity index (χ3n) is 6.27. The van der Waals surface area contributed by atoms with E-state index in [1.54, 1.807) is 18.2 Å². The summed E-state index contributed by atoms with van der Waals surface area (Å²) < 4.78 is 43.7. The summed E-state index contributed by atoms with van der Waals surface area (Å²) in [5.41, 5.74) is 6.55. The Labute approximate surface area is 224 Å². The molecule has 0 saturated heterocycles. The Hall–Kier alpha value is -5.26. The Kier molecular flexibility index (Phi) is 7.15. The molecular formula is C28H21F3N6O3. The van der Waals surface area contributed by atoms with Crippen molar-refractivity contribution < 1.29 is 22.8 Å². The van der Waals surface area contributed by atoms with E-state index in [4.69, 9.17) is 5.73 Å². The second-order valence-electron chi connectivity index (χ2n) is 9.01. The highest BCUT2D eigenvalue weighted by molar-refractivity contribution is 5.94. The minimum atomic E-state index is -0.962. The number of nitrogens with one attached hydrogen (secondary N) is 2. The van der Waals surface area contributed by atoms with E-state index in [0.29, 0.717) is 22.3 Å². The molecule has 1 unspecified atom stereocenters. The Morgan fingerprint density at radius 3 is 2.55 bits per heavy atom. The van der Waals surface area contributed by atoms with Crippen molar-refractivity contribution in [3.8, 4) is 11.1 Å². The molecule has 2 aromatic carbocycles. The van der Waals surface area contributed by atoms with Crippen LogP contribution in [0.5, 0.6) is 0 Å². The van der Waals surface area contributed by atoms with Gasteiger partial charge in [0.05, 0.1) is 29.1 Å². The summed E-state index contributed by atoms with van der Waals surface area (Å²) in [5.74, 6) is -3.85. The van der Waals surface area contributed by atoms with Gasteiger partial charge in [0.25, 0.3) is 11.5 Å². The van der Waals surface area contributed by atoms with Crippen molar-refractivity contribution >= 4 is 22.8 Å². The van der Waals surface area contributed by atoms with Crippen LogP contribution in [0.1, 0.15) is 27.7 Å². The van der Waals surface area contributed by atoms with E-state index in [1.165, 1.54) is 35.4 Å². The maximum Gasteiger partial charge on any atom is 0.276 e. The molecule has 3 heterocycles. The molecule has 0 spiro atoms. The second kappa shape index (κ2) is 10.8. The summed E-state index contributed by atoms with van der Waals surface area (Å²) >= 11 is 0. The van der Waals surface area contributed by atoms with Crippen LogP contribution in [-0.2, 0) is 17.8 Å². The summed E-state index contributed by atoms with van der Waals surface area (Å²) in [7, 11) is 0. The molecule has 0 aliphatic carbocycles. The van der Waals surface area contributed by atoms with E-state index >= 15 is 0 Å². The van der Waals surface area contributed by atoms with Crippen LogP contribution in [0.2, 0.25) is 0 Å². The average molecular weight is 547 g/mol. The molecule has 0 aliphatic rings. The first kappa shape index (κ1) is 26.4. The summed E-state index contributed by atoms with van der Waals surface area (Å²) in [6, 6.07) is 10.8. The molecule has 0 fully saturated rings. The number of hydrogen-bond donors (Lipinski definition) is 3. The van der Waals surface area contributed by atoms with Crippen molar-refractivity contribution in [2.75, 3.05) is 0 Å². The van der Waals surface area contributed by atoms with Gasteiger partial charge in [-0.2, -0.15) is 0 Å². The number of carbonyl (C=O) groups is 2. The molecule has 12 heteroatoms. The number of halogens is 3. The molecule has 0 radical (unpaired) electrons. The van der Waals surface area contributed by atoms with Gasteiger partial charge in [0.1, 0.15) is 24.0 Å². The highest BCUT2D eigenvalue weighted by Crippen LogP contribution is 2.30. The molecule has 9 nitrogen and oxygen atoms in total. The number of amides is 2. The monoisotopic (exact) mass is 546 g/mol. The molecule has 5 aromatic rings. The molecular weight excluding hydrogens is 525 g/mol. The van der Waals surface area contributed by atoms with Crippen molar-refractivity contribution in [3.05, 3.63) is 118 Å². The number of nitrogens with two attached hydrogens (primary N) is 1. The Bertz CT molecular complexity index is 1800. The maximum atomic E-state index is 14.2. The summed E-state index contributed by atoms with van der Waals surface area (Å²) in [4.78, 5) is 48.0. The molecule has 2 amide bonds. The first-order valence-corrected chi connectivity index (χ1v) is 12.0. The second-order valence-corrected chi connectivity index (χ2v) is 9.01. The minimum Gasteiger partial charge on any atom is -0.366 e. The number of H-pyrrole nitrogens is 1. The quantitative estimate of drug-likeness (QED) is 0.274. The summed E-state index contributed by atoms with van der Waals surface area (Å²) in [5, 5.41) is 2.85. The number of aromatic amines is 1. The lowest BCUT2D eigenvalue weighted by Crippen LogP contribution is -2.33. The van der Waals surface area contributed by atoms with Gasteiger partial charge in [-0.1, -0.05) is 12.1 Å². The number of primary amides is 1. The number of aromatic nitrogens is 4. The zero-order valence-electron chi connectivity index (χ0n) is 20.7. The van der Waals surface area contributed by atoms with Crippen molar-refractivity contribution in [3.63, 3.8) is 0 Å². The highest BCUT2D eigenvalue weighted by Gasteiger charge is 2.23. The van der Waals surface area contributed by atoms with Crippen LogP contribution < -0.4 is 16.6 Å². The number of benzene rings is 2. The van der Waals surface area contributed by atoms with E-state index in [-0.39, 0.29) is 29.6 Å². The minimum absolute atomic E-state index is 0.0569. The van der Waals surface area contributed by atoms with E-state index in [0.717, 1.165) is 24.3 Å². The molecule has 4 N–H and O–H groups in total. The van der Waals surface area contributed by atoms with Crippen LogP contribution in [0.25, 0.3) is 22.2 Å². The lowest BCUT2D eigenvalue weighted by atomic mass is 9.94. The Morgan fingerprint density at radius 2 is 1.80 bits per heavy atom. The largest absolute Gasteiger partial charge is 0.366 e. The number of fused-ring (bicyclic) bond motifs is 1. The van der Waals surface area contributed by atoms with Crippen LogP contribution >= 0.6 is 0 Å². The molecule has 5 rings (SSSR count). The number of carbonyl (C=O) groups excluding carboxylic acids is 2. The third kappa shape index (κ3) is 5.46. The Balaban J connectivity index is 1.53. The van der Waals surface area contributed by atoms with Gasteiger partial charge < -0.3 is 20.6 Å². The van der Waals surface area contributed by atoms with Gasteiger partial charge in [-0.05, 0) is 53.9 Å². The Morgan fingerprint density at radius 1 is 1.02 bits per heavy atom. The molecule has 3 aromatic heterocycles. The van der Waals surface area contributed by atoms with Crippen LogP contribution in [0.3, 0.4) is 0 Å². The predicted octanol–water partition coefficient (Wildman–Crippen LogP) is 3.40. The number of nitrogens with zero attached hydrogens (tertiary/aromatic N) is 3. The molecule has 0 aliphatic heterocycles. The fourth-order valence-electron chi connectivity index (χ4n) is 4.53. The lowest BCUT2D eigenvalue weighted by Gasteiger charge is -2.22. The van der Waals surface area contributed by atoms with Gasteiger partial charge in [-0.3, -0.25) is 19.4 Å². The normalized spacial score (nSPS) is 11.9. The van der Waals surface area contributed by atoms with E-state index in [9.17, 15) is 27.6 Å². The van der Waals surface area contributed by atoms with Gasteiger partial charge in [-0.15, -0.1) is 0 Å². The van der Waals surface area contributed by atoms with Crippen LogP contribution in [0.4, 0.5) is 13.2 Å².